The summed E-state index contributed by atoms with van der Waals surface area (Å²) in [5.41, 5.74) is 17.2. The molecule has 0 heterocycles. The highest BCUT2D eigenvalue weighted by Gasteiger charge is 2.61. The fourth-order valence-electron chi connectivity index (χ4n) is 18.4. The minimum absolute atomic E-state index is 0.387. The Morgan fingerprint density at radius 1 is 0.315 bits per heavy atom. The van der Waals surface area contributed by atoms with E-state index in [0.29, 0.717) is 71.0 Å². The summed E-state index contributed by atoms with van der Waals surface area (Å²) in [6, 6.07) is 0. The monoisotopic (exact) mass is 718 g/mol. The number of hydrogen-bond donors (Lipinski definition) is 2. The van der Waals surface area contributed by atoms with E-state index in [9.17, 15) is 10.2 Å². The first-order chi connectivity index (χ1) is 26.5. The van der Waals surface area contributed by atoms with Gasteiger partial charge in [-0.1, -0.05) is 11.8 Å². The molecule has 1 unspecified atom stereocenters. The Hall–Kier alpha value is -2.08. The van der Waals surface area contributed by atoms with E-state index >= 15 is 0 Å². The summed E-state index contributed by atoms with van der Waals surface area (Å²) < 4.78 is 0. The lowest BCUT2D eigenvalue weighted by molar-refractivity contribution is -0.0316. The highest BCUT2D eigenvalue weighted by molar-refractivity contribution is 5.71. The Kier molecular flexibility index (Phi) is 6.44. The second kappa shape index (κ2) is 10.9. The van der Waals surface area contributed by atoms with Crippen LogP contribution in [0.2, 0.25) is 0 Å². The van der Waals surface area contributed by atoms with Crippen LogP contribution in [0, 0.1) is 82.9 Å². The lowest BCUT2D eigenvalue weighted by atomic mass is 9.50. The smallest absolute Gasteiger partial charge is 0.170 e. The first-order valence-corrected chi connectivity index (χ1v) is 24.0. The SMILES string of the molecule is OC1(C#CC2=C3C(=C4C5CCC(CC5)C4(O)C4=C2C2CCC4CC2)C2CCC3CC2)C2=C(C3=C(C4=C1C1CCC4CC1)C1CCC3CC1)C1CCC2CC1. The topological polar surface area (TPSA) is 40.5 Å². The van der Waals surface area contributed by atoms with Crippen LogP contribution in [0.1, 0.15) is 154 Å². The molecule has 0 saturated heterocycles. The van der Waals surface area contributed by atoms with Gasteiger partial charge in [-0.15, -0.1) is 0 Å². The van der Waals surface area contributed by atoms with E-state index in [1.807, 2.05) is 0 Å². The van der Waals surface area contributed by atoms with Crippen LogP contribution in [-0.2, 0) is 0 Å². The molecule has 54 heavy (non-hydrogen) atoms. The summed E-state index contributed by atoms with van der Waals surface area (Å²) in [6.07, 6.45) is 31.1. The van der Waals surface area contributed by atoms with E-state index in [0.717, 1.165) is 0 Å². The average Bonchev–Trinajstić information content (AvgIpc) is 3.46. The Bertz CT molecular complexity index is 1950. The Labute approximate surface area is 324 Å². The summed E-state index contributed by atoms with van der Waals surface area (Å²) in [5.74, 6) is 15.2. The van der Waals surface area contributed by atoms with Crippen LogP contribution in [0.3, 0.4) is 0 Å². The van der Waals surface area contributed by atoms with E-state index in [1.54, 1.807) is 39.0 Å². The van der Waals surface area contributed by atoms with Crippen LogP contribution in [0.5, 0.6) is 0 Å². The first kappa shape index (κ1) is 31.9. The highest BCUT2D eigenvalue weighted by atomic mass is 16.3. The molecule has 1 atom stereocenters. The zero-order valence-electron chi connectivity index (χ0n) is 32.8. The van der Waals surface area contributed by atoms with Crippen molar-refractivity contribution < 1.29 is 10.2 Å². The lowest BCUT2D eigenvalue weighted by Gasteiger charge is -2.57. The number of allylic oxidation sites excluding steroid dienone is 8. The second-order valence-corrected chi connectivity index (χ2v) is 21.9. The molecule has 0 spiro atoms. The van der Waals surface area contributed by atoms with Gasteiger partial charge in [0.1, 0.15) is 5.60 Å². The molecule has 2 heteroatoms. The summed E-state index contributed by atoms with van der Waals surface area (Å²) in [6.45, 7) is 0. The lowest BCUT2D eigenvalue weighted by Crippen LogP contribution is -2.55. The fraction of sp³-hybridized carbons (Fsp3) is 0.731. The van der Waals surface area contributed by atoms with E-state index < -0.39 is 11.2 Å². The van der Waals surface area contributed by atoms with Gasteiger partial charge in [-0.25, -0.2) is 0 Å². The molecule has 2 nitrogen and oxygen atoms in total. The number of rotatable bonds is 0. The molecule has 20 rings (SSSR count). The Balaban J connectivity index is 1.08. The normalized spacial score (nSPS) is 50.0. The zero-order chi connectivity index (χ0) is 35.2. The minimum Gasteiger partial charge on any atom is -0.381 e. The molecule has 0 aromatic heterocycles. The number of fused-ring (bicyclic) bond motifs is 12. The van der Waals surface area contributed by atoms with Gasteiger partial charge in [0.2, 0.25) is 0 Å². The van der Waals surface area contributed by atoms with E-state index in [2.05, 4.69) is 11.8 Å². The average molecular weight is 719 g/mol. The predicted molar refractivity (Wildman–Crippen MR) is 213 cm³/mol. The molecule has 0 aromatic rings. The molecule has 0 amide bonds. The Morgan fingerprint density at radius 2 is 0.611 bits per heavy atom. The minimum atomic E-state index is -1.13. The predicted octanol–water partition coefficient (Wildman–Crippen LogP) is 11.2. The molecular formula is C52H62O2. The summed E-state index contributed by atoms with van der Waals surface area (Å²) in [7, 11) is 0. The molecular weight excluding hydrogens is 657 g/mol. The highest BCUT2D eigenvalue weighted by Crippen LogP contribution is 2.69. The molecule has 2 N–H and O–H groups in total. The van der Waals surface area contributed by atoms with Gasteiger partial charge in [0.15, 0.2) is 5.60 Å². The van der Waals surface area contributed by atoms with Crippen LogP contribution in [0.15, 0.2) is 66.9 Å². The molecule has 282 valence electrons. The molecule has 0 radical (unpaired) electrons. The second-order valence-electron chi connectivity index (χ2n) is 21.9. The van der Waals surface area contributed by atoms with Crippen molar-refractivity contribution in [3.05, 3.63) is 66.9 Å². The van der Waals surface area contributed by atoms with Gasteiger partial charge in [0.25, 0.3) is 0 Å². The van der Waals surface area contributed by atoms with Crippen LogP contribution in [-0.4, -0.2) is 21.4 Å². The van der Waals surface area contributed by atoms with E-state index in [4.69, 9.17) is 0 Å². The third kappa shape index (κ3) is 3.77. The quantitative estimate of drug-likeness (QED) is 0.245. The van der Waals surface area contributed by atoms with E-state index in [-0.39, 0.29) is 0 Å². The fourth-order valence-corrected chi connectivity index (χ4v) is 18.4. The van der Waals surface area contributed by atoms with Crippen LogP contribution in [0.25, 0.3) is 0 Å². The number of hydrogen-bond acceptors (Lipinski definition) is 2. The summed E-state index contributed by atoms with van der Waals surface area (Å²) in [4.78, 5) is 0. The molecule has 20 aliphatic carbocycles. The van der Waals surface area contributed by atoms with Crippen molar-refractivity contribution in [1.82, 2.24) is 0 Å². The van der Waals surface area contributed by atoms with Crippen molar-refractivity contribution in [3.8, 4) is 11.8 Å². The third-order valence-corrected chi connectivity index (χ3v) is 20.3. The molecule has 12 bridgehead atoms. The molecule has 0 aromatic carbocycles. The van der Waals surface area contributed by atoms with Gasteiger partial charge in [0, 0.05) is 5.57 Å². The standard InChI is InChI=1S/C52H62O2/c53-51(47-34-15-11-32(12-16-34)45(47)42-29-3-4-30(6-5-29)43(42)46-33-13-17-35(18-14-33)48(46)51)26-25-39-40-27-1-7-31(8-2-27)44(40)50-37-21-23-38(24-22-37)52(50,54)49-36-19-9-28(10-20-36)41(39)49/h27-38,53-54H,1-24H2. The van der Waals surface area contributed by atoms with E-state index in [1.165, 1.54) is 182 Å². The largest absolute Gasteiger partial charge is 0.381 e. The maximum Gasteiger partial charge on any atom is 0.170 e. The number of aliphatic hydroxyl groups is 2. The van der Waals surface area contributed by atoms with Gasteiger partial charge in [0.05, 0.1) is 0 Å². The van der Waals surface area contributed by atoms with Crippen LogP contribution in [0.4, 0.5) is 0 Å². The first-order valence-electron chi connectivity index (χ1n) is 24.0. The van der Waals surface area contributed by atoms with Gasteiger partial charge >= 0.3 is 0 Å². The van der Waals surface area contributed by atoms with Crippen LogP contribution >= 0.6 is 0 Å². The van der Waals surface area contributed by atoms with Crippen molar-refractivity contribution in [2.24, 2.45) is 71.0 Å². The van der Waals surface area contributed by atoms with Crippen molar-refractivity contribution in [1.29, 1.82) is 0 Å². The van der Waals surface area contributed by atoms with Crippen molar-refractivity contribution in [2.75, 3.05) is 0 Å². The van der Waals surface area contributed by atoms with Crippen molar-refractivity contribution in [2.45, 2.75) is 165 Å². The van der Waals surface area contributed by atoms with Gasteiger partial charge in [-0.2, -0.15) is 0 Å². The summed E-state index contributed by atoms with van der Waals surface area (Å²) in [5, 5.41) is 28.1. The molecule has 0 aliphatic heterocycles. The Morgan fingerprint density at radius 3 is 1.06 bits per heavy atom. The van der Waals surface area contributed by atoms with Crippen molar-refractivity contribution in [3.63, 3.8) is 0 Å². The maximum absolute atomic E-state index is 14.3. The molecule has 10 saturated carbocycles. The maximum atomic E-state index is 14.3. The molecule has 10 fully saturated rings. The molecule has 20 aliphatic rings. The third-order valence-electron chi connectivity index (χ3n) is 20.3. The van der Waals surface area contributed by atoms with Gasteiger partial charge < -0.3 is 10.2 Å². The summed E-state index contributed by atoms with van der Waals surface area (Å²) >= 11 is 0. The van der Waals surface area contributed by atoms with Crippen LogP contribution < -0.4 is 0 Å². The zero-order valence-corrected chi connectivity index (χ0v) is 32.8. The van der Waals surface area contributed by atoms with Gasteiger partial charge in [-0.05, 0) is 286 Å². The van der Waals surface area contributed by atoms with Gasteiger partial charge in [-0.3, -0.25) is 0 Å². The van der Waals surface area contributed by atoms with Crippen molar-refractivity contribution >= 4 is 0 Å².